The van der Waals surface area contributed by atoms with Gasteiger partial charge in [0.05, 0.1) is 20.8 Å². The number of nitrogens with one attached hydrogen (secondary N) is 1. The Kier molecular flexibility index (Phi) is 9.58. The fraction of sp³-hybridized carbons (Fsp3) is 0.292. The molecular weight excluding hydrogens is 426 g/mol. The Labute approximate surface area is 192 Å². The van der Waals surface area contributed by atoms with E-state index in [-0.39, 0.29) is 12.2 Å². The number of carbonyl (C=O) groups excluding carboxylic acids is 2. The normalized spacial score (nSPS) is 10.7. The van der Waals surface area contributed by atoms with Gasteiger partial charge in [0.15, 0.2) is 29.6 Å². The summed E-state index contributed by atoms with van der Waals surface area (Å²) in [5.74, 6) is 0.831. The van der Waals surface area contributed by atoms with Gasteiger partial charge in [0.1, 0.15) is 11.6 Å². The summed E-state index contributed by atoms with van der Waals surface area (Å²) >= 11 is 0. The van der Waals surface area contributed by atoms with Crippen LogP contribution in [0.2, 0.25) is 0 Å². The predicted molar refractivity (Wildman–Crippen MR) is 122 cm³/mol. The predicted octanol–water partition coefficient (Wildman–Crippen LogP) is 2.23. The van der Waals surface area contributed by atoms with Crippen LogP contribution < -0.4 is 30.0 Å². The molecule has 2 aromatic carbocycles. The van der Waals surface area contributed by atoms with Gasteiger partial charge in [-0.15, -0.1) is 0 Å². The van der Waals surface area contributed by atoms with Gasteiger partial charge < -0.3 is 30.0 Å². The second-order valence-corrected chi connectivity index (χ2v) is 6.76. The van der Waals surface area contributed by atoms with E-state index < -0.39 is 11.8 Å². The van der Waals surface area contributed by atoms with E-state index in [9.17, 15) is 14.9 Å². The monoisotopic (exact) mass is 453 g/mol. The number of primary amides is 1. The standard InChI is InChI=1S/C24H27N3O6/c1-4-32-22-13-17(6-8-20(22)33-15-23(26)28)11-18(14-25)24(29)27-10-9-16-5-7-19(30-2)21(12-16)31-3/h5-8,11-13H,4,9-10,15H2,1-3H3,(H2,26,28)(H,27,29)/b18-11+. The highest BCUT2D eigenvalue weighted by molar-refractivity contribution is 6.01. The zero-order valence-electron chi connectivity index (χ0n) is 18.8. The van der Waals surface area contributed by atoms with Crippen molar-refractivity contribution < 1.29 is 28.5 Å². The van der Waals surface area contributed by atoms with Crippen molar-refractivity contribution in [3.8, 4) is 29.1 Å². The van der Waals surface area contributed by atoms with Crippen molar-refractivity contribution in [1.29, 1.82) is 5.26 Å². The van der Waals surface area contributed by atoms with Crippen LogP contribution in [-0.2, 0) is 16.0 Å². The molecular formula is C24H27N3O6. The molecule has 0 unspecified atom stereocenters. The molecule has 0 atom stereocenters. The minimum Gasteiger partial charge on any atom is -0.493 e. The average Bonchev–Trinajstić information content (AvgIpc) is 2.81. The van der Waals surface area contributed by atoms with Crippen molar-refractivity contribution in [3.05, 3.63) is 53.1 Å². The second kappa shape index (κ2) is 12.6. The highest BCUT2D eigenvalue weighted by Crippen LogP contribution is 2.29. The van der Waals surface area contributed by atoms with Crippen LogP contribution in [-0.4, -0.2) is 45.8 Å². The smallest absolute Gasteiger partial charge is 0.261 e. The van der Waals surface area contributed by atoms with Gasteiger partial charge in [-0.1, -0.05) is 12.1 Å². The summed E-state index contributed by atoms with van der Waals surface area (Å²) in [5.41, 5.74) is 6.56. The molecule has 2 aromatic rings. The van der Waals surface area contributed by atoms with E-state index in [1.165, 1.54) is 6.08 Å². The first-order chi connectivity index (χ1) is 15.9. The average molecular weight is 453 g/mol. The molecule has 0 bridgehead atoms. The number of benzene rings is 2. The fourth-order valence-corrected chi connectivity index (χ4v) is 2.92. The minimum atomic E-state index is -0.613. The van der Waals surface area contributed by atoms with E-state index >= 15 is 0 Å². The lowest BCUT2D eigenvalue weighted by Crippen LogP contribution is -2.26. The summed E-state index contributed by atoms with van der Waals surface area (Å²) in [6, 6.07) is 12.3. The first kappa shape index (κ1) is 25.1. The Morgan fingerprint density at radius 2 is 1.76 bits per heavy atom. The van der Waals surface area contributed by atoms with Crippen molar-refractivity contribution in [2.45, 2.75) is 13.3 Å². The van der Waals surface area contributed by atoms with Gasteiger partial charge in [-0.05, 0) is 54.8 Å². The summed E-state index contributed by atoms with van der Waals surface area (Å²) in [6.45, 7) is 2.20. The number of nitrogens with zero attached hydrogens (tertiary/aromatic N) is 1. The number of hydrogen-bond acceptors (Lipinski definition) is 7. The van der Waals surface area contributed by atoms with Crippen LogP contribution in [0, 0.1) is 11.3 Å². The van der Waals surface area contributed by atoms with Crippen LogP contribution in [0.3, 0.4) is 0 Å². The molecule has 3 N–H and O–H groups in total. The van der Waals surface area contributed by atoms with E-state index in [4.69, 9.17) is 24.7 Å². The van der Waals surface area contributed by atoms with Crippen LogP contribution >= 0.6 is 0 Å². The van der Waals surface area contributed by atoms with Gasteiger partial charge in [0.2, 0.25) is 0 Å². The van der Waals surface area contributed by atoms with Crippen LogP contribution in [0.25, 0.3) is 6.08 Å². The van der Waals surface area contributed by atoms with Crippen molar-refractivity contribution in [2.75, 3.05) is 34.0 Å². The molecule has 0 aliphatic rings. The quantitative estimate of drug-likeness (QED) is 0.372. The summed E-state index contributed by atoms with van der Waals surface area (Å²) in [5, 5.41) is 12.2. The molecule has 33 heavy (non-hydrogen) atoms. The van der Waals surface area contributed by atoms with Crippen molar-refractivity contribution >= 4 is 17.9 Å². The van der Waals surface area contributed by atoms with Gasteiger partial charge in [0.25, 0.3) is 11.8 Å². The minimum absolute atomic E-state index is 0.0597. The molecule has 0 radical (unpaired) electrons. The molecule has 2 amide bonds. The number of nitriles is 1. The summed E-state index contributed by atoms with van der Waals surface area (Å²) in [6.07, 6.45) is 2.00. The molecule has 9 heteroatoms. The lowest BCUT2D eigenvalue weighted by molar-refractivity contribution is -0.120. The number of nitrogens with two attached hydrogens (primary N) is 1. The molecule has 0 aliphatic heterocycles. The zero-order valence-corrected chi connectivity index (χ0v) is 18.8. The number of methoxy groups -OCH3 is 2. The third-order valence-electron chi connectivity index (χ3n) is 4.46. The van der Waals surface area contributed by atoms with Gasteiger partial charge in [-0.2, -0.15) is 5.26 Å². The number of ether oxygens (including phenoxy) is 4. The highest BCUT2D eigenvalue weighted by Gasteiger charge is 2.12. The number of rotatable bonds is 12. The Bertz CT molecular complexity index is 1060. The fourth-order valence-electron chi connectivity index (χ4n) is 2.92. The van der Waals surface area contributed by atoms with Gasteiger partial charge >= 0.3 is 0 Å². The lowest BCUT2D eigenvalue weighted by atomic mass is 10.1. The number of hydrogen-bond donors (Lipinski definition) is 2. The van der Waals surface area contributed by atoms with E-state index in [2.05, 4.69) is 5.32 Å². The summed E-state index contributed by atoms with van der Waals surface area (Å²) in [4.78, 5) is 23.5. The van der Waals surface area contributed by atoms with Gasteiger partial charge in [-0.3, -0.25) is 9.59 Å². The summed E-state index contributed by atoms with van der Waals surface area (Å²) < 4.78 is 21.4. The molecule has 0 saturated carbocycles. The van der Waals surface area contributed by atoms with Crippen LogP contribution in [0.4, 0.5) is 0 Å². The van der Waals surface area contributed by atoms with E-state index in [1.54, 1.807) is 45.4 Å². The molecule has 0 heterocycles. The van der Waals surface area contributed by atoms with E-state index in [0.29, 0.717) is 48.1 Å². The van der Waals surface area contributed by atoms with Gasteiger partial charge in [0, 0.05) is 6.54 Å². The van der Waals surface area contributed by atoms with Crippen molar-refractivity contribution in [1.82, 2.24) is 5.32 Å². The second-order valence-electron chi connectivity index (χ2n) is 6.76. The molecule has 0 spiro atoms. The van der Waals surface area contributed by atoms with Gasteiger partial charge in [-0.25, -0.2) is 0 Å². The van der Waals surface area contributed by atoms with Crippen LogP contribution in [0.5, 0.6) is 23.0 Å². The highest BCUT2D eigenvalue weighted by atomic mass is 16.5. The molecule has 0 aliphatic carbocycles. The Balaban J connectivity index is 2.07. The first-order valence-electron chi connectivity index (χ1n) is 10.2. The number of amides is 2. The maximum atomic E-state index is 12.5. The maximum Gasteiger partial charge on any atom is 0.261 e. The van der Waals surface area contributed by atoms with Crippen molar-refractivity contribution in [3.63, 3.8) is 0 Å². The number of carbonyl (C=O) groups is 2. The van der Waals surface area contributed by atoms with Crippen molar-refractivity contribution in [2.24, 2.45) is 5.73 Å². The zero-order chi connectivity index (χ0) is 24.2. The molecule has 174 valence electrons. The van der Waals surface area contributed by atoms with Crippen LogP contribution in [0.15, 0.2) is 42.0 Å². The van der Waals surface area contributed by atoms with E-state index in [1.807, 2.05) is 18.2 Å². The Hall–Kier alpha value is -4.19. The third kappa shape index (κ3) is 7.47. The van der Waals surface area contributed by atoms with Crippen LogP contribution in [0.1, 0.15) is 18.1 Å². The SMILES string of the molecule is CCOc1cc(/C=C(\C#N)C(=O)NCCc2ccc(OC)c(OC)c2)ccc1OCC(N)=O. The lowest BCUT2D eigenvalue weighted by Gasteiger charge is -2.12. The summed E-state index contributed by atoms with van der Waals surface area (Å²) in [7, 11) is 3.12. The molecule has 0 aromatic heterocycles. The molecule has 9 nitrogen and oxygen atoms in total. The maximum absolute atomic E-state index is 12.5. The molecule has 2 rings (SSSR count). The topological polar surface area (TPSA) is 133 Å². The first-order valence-corrected chi connectivity index (χ1v) is 10.2. The molecule has 0 saturated heterocycles. The molecule has 0 fully saturated rings. The third-order valence-corrected chi connectivity index (χ3v) is 4.46. The van der Waals surface area contributed by atoms with E-state index in [0.717, 1.165) is 5.56 Å². The largest absolute Gasteiger partial charge is 0.493 e. The Morgan fingerprint density at radius 3 is 2.39 bits per heavy atom. The Morgan fingerprint density at radius 1 is 1.03 bits per heavy atom.